The van der Waals surface area contributed by atoms with Crippen molar-refractivity contribution in [1.29, 1.82) is 0 Å². The van der Waals surface area contributed by atoms with Crippen molar-refractivity contribution in [3.05, 3.63) is 58.6 Å². The summed E-state index contributed by atoms with van der Waals surface area (Å²) in [5.41, 5.74) is 1.89. The lowest BCUT2D eigenvalue weighted by atomic mass is 10.2. The van der Waals surface area contributed by atoms with Crippen LogP contribution in [0.5, 0.6) is 11.5 Å². The van der Waals surface area contributed by atoms with Crippen LogP contribution in [0.2, 0.25) is 5.02 Å². The van der Waals surface area contributed by atoms with Crippen molar-refractivity contribution < 1.29 is 9.84 Å². The Kier molecular flexibility index (Phi) is 5.27. The molecule has 0 amide bonds. The first-order valence-corrected chi connectivity index (χ1v) is 6.91. The average molecular weight is 292 g/mol. The molecule has 0 aliphatic heterocycles. The molecule has 2 N–H and O–H groups in total. The van der Waals surface area contributed by atoms with Crippen LogP contribution in [-0.4, -0.2) is 18.3 Å². The molecule has 4 heteroatoms. The van der Waals surface area contributed by atoms with Crippen molar-refractivity contribution in [2.75, 3.05) is 13.2 Å². The first kappa shape index (κ1) is 14.7. The van der Waals surface area contributed by atoms with Crippen molar-refractivity contribution in [1.82, 2.24) is 5.32 Å². The van der Waals surface area contributed by atoms with Crippen molar-refractivity contribution in [3.8, 4) is 11.5 Å². The number of rotatable bonds is 6. The molecule has 0 saturated carbocycles. The molecule has 0 heterocycles. The van der Waals surface area contributed by atoms with E-state index in [1.54, 1.807) is 18.2 Å². The van der Waals surface area contributed by atoms with E-state index >= 15 is 0 Å². The Morgan fingerprint density at radius 1 is 1.20 bits per heavy atom. The first-order valence-electron chi connectivity index (χ1n) is 6.53. The largest absolute Gasteiger partial charge is 0.508 e. The molecule has 0 bridgehead atoms. The summed E-state index contributed by atoms with van der Waals surface area (Å²) in [4.78, 5) is 0. The van der Waals surface area contributed by atoms with Crippen LogP contribution in [0.15, 0.2) is 42.5 Å². The summed E-state index contributed by atoms with van der Waals surface area (Å²) in [6, 6.07) is 13.1. The third kappa shape index (κ3) is 4.15. The third-order valence-corrected chi connectivity index (χ3v) is 3.29. The van der Waals surface area contributed by atoms with Crippen molar-refractivity contribution in [2.45, 2.75) is 13.5 Å². The van der Waals surface area contributed by atoms with Crippen LogP contribution in [0.25, 0.3) is 0 Å². The molecule has 0 unspecified atom stereocenters. The highest BCUT2D eigenvalue weighted by Gasteiger charge is 2.04. The topological polar surface area (TPSA) is 41.5 Å². The molecule has 106 valence electrons. The van der Waals surface area contributed by atoms with Crippen LogP contribution in [0.4, 0.5) is 0 Å². The number of phenolic OH excluding ortho intramolecular Hbond substituents is 1. The molecule has 0 aliphatic carbocycles. The molecular weight excluding hydrogens is 274 g/mol. The summed E-state index contributed by atoms with van der Waals surface area (Å²) < 4.78 is 5.63. The molecular formula is C16H18ClNO2. The third-order valence-electron chi connectivity index (χ3n) is 2.93. The Labute approximate surface area is 124 Å². The highest BCUT2D eigenvalue weighted by atomic mass is 35.5. The Morgan fingerprint density at radius 2 is 2.00 bits per heavy atom. The predicted octanol–water partition coefficient (Wildman–Crippen LogP) is 3.52. The van der Waals surface area contributed by atoms with E-state index in [4.69, 9.17) is 16.3 Å². The summed E-state index contributed by atoms with van der Waals surface area (Å²) in [5.74, 6) is 1.08. The lowest BCUT2D eigenvalue weighted by Gasteiger charge is -2.10. The van der Waals surface area contributed by atoms with Gasteiger partial charge in [0.05, 0.1) is 0 Å². The zero-order valence-corrected chi connectivity index (χ0v) is 12.2. The molecule has 0 spiro atoms. The molecule has 0 aliphatic rings. The van der Waals surface area contributed by atoms with E-state index in [2.05, 4.69) is 5.32 Å². The monoisotopic (exact) mass is 291 g/mol. The average Bonchev–Trinajstić information content (AvgIpc) is 2.41. The number of hydrogen-bond acceptors (Lipinski definition) is 3. The van der Waals surface area contributed by atoms with Crippen LogP contribution < -0.4 is 10.1 Å². The number of phenols is 1. The zero-order valence-electron chi connectivity index (χ0n) is 11.4. The second kappa shape index (κ2) is 7.17. The number of aryl methyl sites for hydroxylation is 1. The Hall–Kier alpha value is -1.71. The number of ether oxygens (including phenoxy) is 1. The standard InChI is InChI=1S/C16H18ClNO2/c1-12-4-2-5-13(10-12)20-9-8-18-11-14-15(17)6-3-7-16(14)19/h2-7,10,18-19H,8-9,11H2,1H3. The van der Waals surface area contributed by atoms with Gasteiger partial charge in [-0.3, -0.25) is 0 Å². The maximum atomic E-state index is 9.70. The second-order valence-electron chi connectivity index (χ2n) is 4.58. The van der Waals surface area contributed by atoms with Gasteiger partial charge < -0.3 is 15.2 Å². The maximum Gasteiger partial charge on any atom is 0.121 e. The SMILES string of the molecule is Cc1cccc(OCCNCc2c(O)cccc2Cl)c1. The zero-order chi connectivity index (χ0) is 14.4. The molecule has 2 aromatic rings. The van der Waals surface area contributed by atoms with E-state index in [0.29, 0.717) is 30.3 Å². The highest BCUT2D eigenvalue weighted by molar-refractivity contribution is 6.31. The smallest absolute Gasteiger partial charge is 0.121 e. The van der Waals surface area contributed by atoms with E-state index in [0.717, 1.165) is 5.75 Å². The van der Waals surface area contributed by atoms with Gasteiger partial charge in [0.25, 0.3) is 0 Å². The van der Waals surface area contributed by atoms with E-state index in [1.165, 1.54) is 5.56 Å². The fourth-order valence-electron chi connectivity index (χ4n) is 1.88. The van der Waals surface area contributed by atoms with Gasteiger partial charge in [0, 0.05) is 23.7 Å². The molecule has 3 nitrogen and oxygen atoms in total. The molecule has 2 rings (SSSR count). The van der Waals surface area contributed by atoms with E-state index in [1.807, 2.05) is 31.2 Å². The molecule has 2 aromatic carbocycles. The summed E-state index contributed by atoms with van der Waals surface area (Å²) in [6.45, 7) is 3.79. The Morgan fingerprint density at radius 3 is 2.75 bits per heavy atom. The molecule has 0 aromatic heterocycles. The summed E-state index contributed by atoms with van der Waals surface area (Å²) >= 11 is 6.02. The second-order valence-corrected chi connectivity index (χ2v) is 4.99. The predicted molar refractivity (Wildman–Crippen MR) is 81.5 cm³/mol. The van der Waals surface area contributed by atoms with Crippen LogP contribution >= 0.6 is 11.6 Å². The van der Waals surface area contributed by atoms with E-state index in [9.17, 15) is 5.11 Å². The van der Waals surface area contributed by atoms with Crippen LogP contribution in [0.1, 0.15) is 11.1 Å². The Balaban J connectivity index is 1.74. The van der Waals surface area contributed by atoms with Gasteiger partial charge in [-0.25, -0.2) is 0 Å². The van der Waals surface area contributed by atoms with Crippen molar-refractivity contribution >= 4 is 11.6 Å². The van der Waals surface area contributed by atoms with Gasteiger partial charge in [0.15, 0.2) is 0 Å². The van der Waals surface area contributed by atoms with E-state index in [-0.39, 0.29) is 5.75 Å². The van der Waals surface area contributed by atoms with Crippen molar-refractivity contribution in [3.63, 3.8) is 0 Å². The van der Waals surface area contributed by atoms with Gasteiger partial charge in [0.1, 0.15) is 18.1 Å². The fourth-order valence-corrected chi connectivity index (χ4v) is 2.12. The van der Waals surface area contributed by atoms with Gasteiger partial charge in [-0.05, 0) is 36.8 Å². The number of aromatic hydroxyl groups is 1. The number of hydrogen-bond donors (Lipinski definition) is 2. The summed E-state index contributed by atoms with van der Waals surface area (Å²) in [7, 11) is 0. The van der Waals surface area contributed by atoms with Gasteiger partial charge >= 0.3 is 0 Å². The molecule has 0 saturated heterocycles. The van der Waals surface area contributed by atoms with Crippen molar-refractivity contribution in [2.24, 2.45) is 0 Å². The lowest BCUT2D eigenvalue weighted by molar-refractivity contribution is 0.313. The molecule has 0 fully saturated rings. The van der Waals surface area contributed by atoms with E-state index < -0.39 is 0 Å². The minimum Gasteiger partial charge on any atom is -0.508 e. The van der Waals surface area contributed by atoms with Crippen LogP contribution in [0.3, 0.4) is 0 Å². The summed E-state index contributed by atoms with van der Waals surface area (Å²) in [6.07, 6.45) is 0. The first-order chi connectivity index (χ1) is 9.66. The number of halogens is 1. The Bertz CT molecular complexity index is 552. The summed E-state index contributed by atoms with van der Waals surface area (Å²) in [5, 5.41) is 13.5. The van der Waals surface area contributed by atoms with Gasteiger partial charge in [0.2, 0.25) is 0 Å². The quantitative estimate of drug-likeness (QED) is 0.800. The van der Waals surface area contributed by atoms with Gasteiger partial charge in [-0.2, -0.15) is 0 Å². The number of benzene rings is 2. The van der Waals surface area contributed by atoms with Gasteiger partial charge in [-0.15, -0.1) is 0 Å². The molecule has 0 atom stereocenters. The highest BCUT2D eigenvalue weighted by Crippen LogP contribution is 2.24. The molecule has 0 radical (unpaired) electrons. The normalized spacial score (nSPS) is 10.5. The van der Waals surface area contributed by atoms with Gasteiger partial charge in [-0.1, -0.05) is 29.8 Å². The fraction of sp³-hybridized carbons (Fsp3) is 0.250. The van der Waals surface area contributed by atoms with Crippen LogP contribution in [0, 0.1) is 6.92 Å². The minimum atomic E-state index is 0.213. The minimum absolute atomic E-state index is 0.213. The maximum absolute atomic E-state index is 9.70. The molecule has 20 heavy (non-hydrogen) atoms. The van der Waals surface area contributed by atoms with Crippen LogP contribution in [-0.2, 0) is 6.54 Å². The lowest BCUT2D eigenvalue weighted by Crippen LogP contribution is -2.20. The number of nitrogens with one attached hydrogen (secondary N) is 1.